The van der Waals surface area contributed by atoms with Gasteiger partial charge >= 0.3 is 0 Å². The number of ether oxygens (including phenoxy) is 3. The lowest BCUT2D eigenvalue weighted by Gasteiger charge is -2.11. The van der Waals surface area contributed by atoms with Gasteiger partial charge in [0.05, 0.1) is 25.9 Å². The van der Waals surface area contributed by atoms with E-state index in [-0.39, 0.29) is 5.56 Å². The minimum Gasteiger partial charge on any atom is -0.496 e. The van der Waals surface area contributed by atoms with Crippen LogP contribution in [0.25, 0.3) is 6.08 Å². The lowest BCUT2D eigenvalue weighted by Crippen LogP contribution is -2.40. The maximum absolute atomic E-state index is 12.3. The van der Waals surface area contributed by atoms with Crippen molar-refractivity contribution in [2.24, 2.45) is 0 Å². The molecular formula is C21H23ClN2O5. The molecule has 7 nitrogen and oxygen atoms in total. The fourth-order valence-electron chi connectivity index (χ4n) is 2.43. The molecular weight excluding hydrogens is 396 g/mol. The second kappa shape index (κ2) is 11.0. The third kappa shape index (κ3) is 6.43. The van der Waals surface area contributed by atoms with Crippen molar-refractivity contribution in [1.29, 1.82) is 0 Å². The van der Waals surface area contributed by atoms with Crippen LogP contribution in [0.4, 0.5) is 0 Å². The van der Waals surface area contributed by atoms with E-state index in [0.29, 0.717) is 35.5 Å². The van der Waals surface area contributed by atoms with Crippen molar-refractivity contribution in [2.45, 2.75) is 13.8 Å². The van der Waals surface area contributed by atoms with Crippen LogP contribution in [0.1, 0.15) is 29.8 Å². The lowest BCUT2D eigenvalue weighted by molar-refractivity contribution is -0.117. The average molecular weight is 419 g/mol. The van der Waals surface area contributed by atoms with Gasteiger partial charge in [0.15, 0.2) is 11.5 Å². The van der Waals surface area contributed by atoms with E-state index in [1.54, 1.807) is 36.4 Å². The standard InChI is InChI=1S/C21H23ClN2O5/c1-4-28-18-9-6-14(12-19(18)29-5-2)7-11-20(25)23-24-21(26)16-13-15(22)8-10-17(16)27-3/h6-13H,4-5H2,1-3H3,(H,23,25)(H,24,26)/b11-7+. The summed E-state index contributed by atoms with van der Waals surface area (Å²) >= 11 is 5.91. The highest BCUT2D eigenvalue weighted by molar-refractivity contribution is 6.31. The molecule has 2 N–H and O–H groups in total. The largest absolute Gasteiger partial charge is 0.496 e. The van der Waals surface area contributed by atoms with Gasteiger partial charge in [-0.25, -0.2) is 0 Å². The number of rotatable bonds is 8. The van der Waals surface area contributed by atoms with E-state index in [1.165, 1.54) is 19.3 Å². The number of benzene rings is 2. The van der Waals surface area contributed by atoms with Gasteiger partial charge in [-0.1, -0.05) is 17.7 Å². The van der Waals surface area contributed by atoms with E-state index in [2.05, 4.69) is 10.9 Å². The number of carbonyl (C=O) groups excluding carboxylic acids is 2. The van der Waals surface area contributed by atoms with Crippen LogP contribution in [0.2, 0.25) is 5.02 Å². The van der Waals surface area contributed by atoms with Crippen molar-refractivity contribution >= 4 is 29.5 Å². The zero-order valence-electron chi connectivity index (χ0n) is 16.5. The molecule has 0 aliphatic rings. The molecule has 2 amide bonds. The van der Waals surface area contributed by atoms with Gasteiger partial charge in [-0.15, -0.1) is 0 Å². The number of nitrogens with one attached hydrogen (secondary N) is 2. The minimum atomic E-state index is -0.550. The smallest absolute Gasteiger partial charge is 0.273 e. The SMILES string of the molecule is CCOc1ccc(/C=C/C(=O)NNC(=O)c2cc(Cl)ccc2OC)cc1OCC. The van der Waals surface area contributed by atoms with Gasteiger partial charge in [-0.05, 0) is 55.8 Å². The summed E-state index contributed by atoms with van der Waals surface area (Å²) in [4.78, 5) is 24.3. The van der Waals surface area contributed by atoms with Crippen LogP contribution in [0, 0.1) is 0 Å². The molecule has 0 bridgehead atoms. The van der Waals surface area contributed by atoms with Crippen LogP contribution in [0.5, 0.6) is 17.2 Å². The van der Waals surface area contributed by atoms with Crippen molar-refractivity contribution in [3.63, 3.8) is 0 Å². The van der Waals surface area contributed by atoms with Gasteiger partial charge in [-0.3, -0.25) is 20.4 Å². The normalized spacial score (nSPS) is 10.5. The first-order chi connectivity index (χ1) is 14.0. The molecule has 0 fully saturated rings. The van der Waals surface area contributed by atoms with Crippen LogP contribution < -0.4 is 25.1 Å². The molecule has 2 aromatic rings. The molecule has 0 aliphatic heterocycles. The molecule has 0 aromatic heterocycles. The summed E-state index contributed by atoms with van der Waals surface area (Å²) in [5.74, 6) is 0.517. The van der Waals surface area contributed by atoms with Gasteiger partial charge < -0.3 is 14.2 Å². The summed E-state index contributed by atoms with van der Waals surface area (Å²) in [6.45, 7) is 4.78. The Morgan fingerprint density at radius 1 is 0.966 bits per heavy atom. The fourth-order valence-corrected chi connectivity index (χ4v) is 2.60. The zero-order valence-corrected chi connectivity index (χ0v) is 17.2. The summed E-state index contributed by atoms with van der Waals surface area (Å²) in [5.41, 5.74) is 5.59. The molecule has 0 saturated heterocycles. The fraction of sp³-hybridized carbons (Fsp3) is 0.238. The van der Waals surface area contributed by atoms with Crippen molar-refractivity contribution in [2.75, 3.05) is 20.3 Å². The predicted molar refractivity (Wildman–Crippen MR) is 111 cm³/mol. The molecule has 29 heavy (non-hydrogen) atoms. The summed E-state index contributed by atoms with van der Waals surface area (Å²) < 4.78 is 16.2. The van der Waals surface area contributed by atoms with E-state index in [4.69, 9.17) is 25.8 Å². The van der Waals surface area contributed by atoms with Crippen LogP contribution in [0.3, 0.4) is 0 Å². The van der Waals surface area contributed by atoms with Crippen LogP contribution >= 0.6 is 11.6 Å². The molecule has 0 saturated carbocycles. The Hall–Kier alpha value is -3.19. The molecule has 0 heterocycles. The highest BCUT2D eigenvalue weighted by Crippen LogP contribution is 2.29. The molecule has 0 radical (unpaired) electrons. The van der Waals surface area contributed by atoms with Crippen LogP contribution in [-0.4, -0.2) is 32.1 Å². The Balaban J connectivity index is 2.00. The Bertz CT molecular complexity index is 899. The first-order valence-corrected chi connectivity index (χ1v) is 9.37. The van der Waals surface area contributed by atoms with Crippen molar-refractivity contribution < 1.29 is 23.8 Å². The second-order valence-electron chi connectivity index (χ2n) is 5.69. The van der Waals surface area contributed by atoms with Crippen molar-refractivity contribution in [3.05, 3.63) is 58.6 Å². The summed E-state index contributed by atoms with van der Waals surface area (Å²) in [5, 5.41) is 0.378. The Morgan fingerprint density at radius 3 is 2.34 bits per heavy atom. The third-order valence-corrected chi connectivity index (χ3v) is 3.94. The molecule has 8 heteroatoms. The number of hydrazine groups is 1. The molecule has 2 aromatic carbocycles. The number of carbonyl (C=O) groups is 2. The lowest BCUT2D eigenvalue weighted by atomic mass is 10.2. The number of hydrogen-bond donors (Lipinski definition) is 2. The summed E-state index contributed by atoms with van der Waals surface area (Å²) in [6, 6.07) is 9.97. The maximum atomic E-state index is 12.3. The third-order valence-electron chi connectivity index (χ3n) is 3.70. The van der Waals surface area contributed by atoms with Gasteiger partial charge in [0.1, 0.15) is 5.75 Å². The van der Waals surface area contributed by atoms with Gasteiger partial charge in [-0.2, -0.15) is 0 Å². The number of methoxy groups -OCH3 is 1. The summed E-state index contributed by atoms with van der Waals surface area (Å²) in [7, 11) is 1.44. The number of amides is 2. The maximum Gasteiger partial charge on any atom is 0.273 e. The highest BCUT2D eigenvalue weighted by atomic mass is 35.5. The Labute approximate surface area is 174 Å². The predicted octanol–water partition coefficient (Wildman–Crippen LogP) is 3.62. The Kier molecular flexibility index (Phi) is 8.36. The molecule has 0 spiro atoms. The second-order valence-corrected chi connectivity index (χ2v) is 6.13. The topological polar surface area (TPSA) is 85.9 Å². The first-order valence-electron chi connectivity index (χ1n) is 9.00. The number of halogens is 1. The van der Waals surface area contributed by atoms with E-state index in [0.717, 1.165) is 5.56 Å². The first kappa shape index (κ1) is 22.1. The van der Waals surface area contributed by atoms with Gasteiger partial charge in [0.25, 0.3) is 11.8 Å². The minimum absolute atomic E-state index is 0.206. The van der Waals surface area contributed by atoms with Gasteiger partial charge in [0.2, 0.25) is 0 Å². The van der Waals surface area contributed by atoms with Crippen molar-refractivity contribution in [1.82, 2.24) is 10.9 Å². The highest BCUT2D eigenvalue weighted by Gasteiger charge is 2.13. The van der Waals surface area contributed by atoms with Crippen molar-refractivity contribution in [3.8, 4) is 17.2 Å². The van der Waals surface area contributed by atoms with E-state index >= 15 is 0 Å². The number of hydrogen-bond acceptors (Lipinski definition) is 5. The molecule has 0 atom stereocenters. The quantitative estimate of drug-likeness (QED) is 0.505. The van der Waals surface area contributed by atoms with Crippen LogP contribution in [0.15, 0.2) is 42.5 Å². The zero-order chi connectivity index (χ0) is 21.2. The molecule has 0 unspecified atom stereocenters. The molecule has 154 valence electrons. The summed E-state index contributed by atoms with van der Waals surface area (Å²) in [6.07, 6.45) is 2.89. The van der Waals surface area contributed by atoms with E-state index in [9.17, 15) is 9.59 Å². The molecule has 0 aliphatic carbocycles. The Morgan fingerprint density at radius 2 is 1.66 bits per heavy atom. The van der Waals surface area contributed by atoms with E-state index < -0.39 is 11.8 Å². The van der Waals surface area contributed by atoms with Gasteiger partial charge in [0, 0.05) is 11.1 Å². The monoisotopic (exact) mass is 418 g/mol. The average Bonchev–Trinajstić information content (AvgIpc) is 2.72. The van der Waals surface area contributed by atoms with Crippen LogP contribution in [-0.2, 0) is 4.79 Å². The molecule has 2 rings (SSSR count). The van der Waals surface area contributed by atoms with E-state index in [1.807, 2.05) is 13.8 Å².